The molecule has 12 nitrogen and oxygen atoms in total. The average molecular weight is 536 g/mol. The van der Waals surface area contributed by atoms with Crippen LogP contribution in [0.15, 0.2) is 10.6 Å². The number of nitrogens with one attached hydrogen (secondary N) is 3. The molecule has 0 aromatic carbocycles. The largest absolute Gasteiger partial charge is 0.379 e. The molecule has 0 spiro atoms. The van der Waals surface area contributed by atoms with Gasteiger partial charge in [-0.3, -0.25) is 24.1 Å². The van der Waals surface area contributed by atoms with Crippen molar-refractivity contribution in [1.82, 2.24) is 26.0 Å². The van der Waals surface area contributed by atoms with Gasteiger partial charge in [0, 0.05) is 19.2 Å². The lowest BCUT2D eigenvalue weighted by Gasteiger charge is -2.26. The number of aromatic nitrogens is 1. The van der Waals surface area contributed by atoms with E-state index in [0.717, 1.165) is 13.1 Å². The molecule has 1 aromatic rings. The van der Waals surface area contributed by atoms with Gasteiger partial charge in [-0.05, 0) is 32.1 Å². The van der Waals surface area contributed by atoms with Crippen molar-refractivity contribution in [3.05, 3.63) is 17.5 Å². The number of hydrogen-bond donors (Lipinski definition) is 3. The van der Waals surface area contributed by atoms with Crippen molar-refractivity contribution in [1.29, 1.82) is 0 Å². The van der Waals surface area contributed by atoms with Crippen molar-refractivity contribution in [2.75, 3.05) is 32.9 Å². The Morgan fingerprint density at radius 2 is 1.68 bits per heavy atom. The van der Waals surface area contributed by atoms with Gasteiger partial charge in [-0.2, -0.15) is 0 Å². The Morgan fingerprint density at radius 1 is 1.03 bits per heavy atom. The van der Waals surface area contributed by atoms with Crippen LogP contribution in [0.25, 0.3) is 0 Å². The first-order valence-electron chi connectivity index (χ1n) is 13.2. The third kappa shape index (κ3) is 8.08. The molecule has 0 radical (unpaired) electrons. The van der Waals surface area contributed by atoms with Crippen LogP contribution in [0.2, 0.25) is 0 Å². The first kappa shape index (κ1) is 29.7. The maximum Gasteiger partial charge on any atom is 0.274 e. The smallest absolute Gasteiger partial charge is 0.274 e. The summed E-state index contributed by atoms with van der Waals surface area (Å²) in [5.41, 5.74) is -0.793. The molecule has 12 heteroatoms. The summed E-state index contributed by atoms with van der Waals surface area (Å²) in [7, 11) is 0. The molecule has 4 atom stereocenters. The summed E-state index contributed by atoms with van der Waals surface area (Å²) in [5.74, 6) is -1.28. The lowest BCUT2D eigenvalue weighted by Crippen LogP contribution is -2.56. The van der Waals surface area contributed by atoms with Gasteiger partial charge in [0.1, 0.15) is 17.7 Å². The maximum absolute atomic E-state index is 13.0. The van der Waals surface area contributed by atoms with E-state index in [2.05, 4.69) is 26.0 Å². The van der Waals surface area contributed by atoms with E-state index in [1.807, 2.05) is 13.8 Å². The predicted molar refractivity (Wildman–Crippen MR) is 137 cm³/mol. The summed E-state index contributed by atoms with van der Waals surface area (Å²) in [4.78, 5) is 53.7. The van der Waals surface area contributed by atoms with Gasteiger partial charge in [0.25, 0.3) is 5.91 Å². The van der Waals surface area contributed by atoms with Crippen LogP contribution in [0.5, 0.6) is 0 Å². The summed E-state index contributed by atoms with van der Waals surface area (Å²) < 4.78 is 15.9. The molecule has 3 N–H and O–H groups in total. The van der Waals surface area contributed by atoms with E-state index < -0.39 is 41.4 Å². The second kappa shape index (κ2) is 12.8. The van der Waals surface area contributed by atoms with Gasteiger partial charge >= 0.3 is 0 Å². The topological polar surface area (TPSA) is 155 Å². The third-order valence-electron chi connectivity index (χ3n) is 6.70. The number of rotatable bonds is 13. The monoisotopic (exact) mass is 535 g/mol. The minimum Gasteiger partial charge on any atom is -0.379 e. The molecule has 2 fully saturated rings. The summed E-state index contributed by atoms with van der Waals surface area (Å²) in [6.45, 7) is 14.4. The first-order chi connectivity index (χ1) is 17.9. The van der Waals surface area contributed by atoms with Crippen molar-refractivity contribution in [3.63, 3.8) is 0 Å². The molecule has 2 aliphatic rings. The number of carbonyl (C=O) groups is 4. The molecule has 2 aliphatic heterocycles. The fourth-order valence-corrected chi connectivity index (χ4v) is 4.21. The van der Waals surface area contributed by atoms with Gasteiger partial charge < -0.3 is 29.9 Å². The number of epoxide rings is 1. The number of ketones is 1. The summed E-state index contributed by atoms with van der Waals surface area (Å²) in [6.07, 6.45) is 0.458. The lowest BCUT2D eigenvalue weighted by atomic mass is 9.93. The van der Waals surface area contributed by atoms with E-state index in [9.17, 15) is 19.2 Å². The summed E-state index contributed by atoms with van der Waals surface area (Å²) in [5, 5.41) is 12.0. The van der Waals surface area contributed by atoms with Crippen LogP contribution < -0.4 is 16.0 Å². The Bertz CT molecular complexity index is 998. The van der Waals surface area contributed by atoms with Crippen molar-refractivity contribution in [2.24, 2.45) is 11.8 Å². The summed E-state index contributed by atoms with van der Waals surface area (Å²) in [6, 6.07) is -0.993. The van der Waals surface area contributed by atoms with Gasteiger partial charge in [-0.25, -0.2) is 0 Å². The van der Waals surface area contributed by atoms with Crippen LogP contribution >= 0.6 is 0 Å². The zero-order valence-corrected chi connectivity index (χ0v) is 23.2. The fourth-order valence-electron chi connectivity index (χ4n) is 4.21. The number of ether oxygens (including phenoxy) is 2. The van der Waals surface area contributed by atoms with E-state index in [-0.39, 0.29) is 23.3 Å². The Balaban J connectivity index is 1.56. The highest BCUT2D eigenvalue weighted by Gasteiger charge is 2.50. The van der Waals surface area contributed by atoms with E-state index in [0.29, 0.717) is 38.5 Å². The van der Waals surface area contributed by atoms with Crippen molar-refractivity contribution >= 4 is 23.5 Å². The van der Waals surface area contributed by atoms with E-state index in [4.69, 9.17) is 14.0 Å². The lowest BCUT2D eigenvalue weighted by molar-refractivity contribution is -0.133. The normalized spacial score (nSPS) is 22.0. The Labute approximate surface area is 223 Å². The highest BCUT2D eigenvalue weighted by atomic mass is 16.6. The molecular weight excluding hydrogens is 494 g/mol. The van der Waals surface area contributed by atoms with Crippen LogP contribution in [0.4, 0.5) is 0 Å². The second-order valence-corrected chi connectivity index (χ2v) is 11.1. The molecule has 1 unspecified atom stereocenters. The quantitative estimate of drug-likeness (QED) is 0.309. The van der Waals surface area contributed by atoms with E-state index >= 15 is 0 Å². The number of nitrogens with zero attached hydrogens (tertiary/aromatic N) is 2. The van der Waals surface area contributed by atoms with E-state index in [1.165, 1.54) is 6.92 Å². The predicted octanol–water partition coefficient (Wildman–Crippen LogP) is 0.655. The van der Waals surface area contributed by atoms with Crippen LogP contribution in [0, 0.1) is 11.8 Å². The highest BCUT2D eigenvalue weighted by Crippen LogP contribution is 2.29. The molecule has 3 heterocycles. The first-order valence-corrected chi connectivity index (χ1v) is 13.2. The van der Waals surface area contributed by atoms with Gasteiger partial charge in [0.2, 0.25) is 11.8 Å². The SMILES string of the molecule is CC(C)CC(NC(=O)[C@H](C)NC(=O)[C@@H](NC(=O)c1cc(CN2CCOCC2)on1)C(C)C)C(=O)[C@@]1(C)CO1. The molecule has 212 valence electrons. The maximum atomic E-state index is 13.0. The average Bonchev–Trinajstić information content (AvgIpc) is 3.44. The number of carbonyl (C=O) groups excluding carboxylic acids is 4. The molecule has 3 rings (SSSR count). The van der Waals surface area contributed by atoms with Gasteiger partial charge in [-0.1, -0.05) is 32.9 Å². The molecule has 2 saturated heterocycles. The van der Waals surface area contributed by atoms with E-state index in [1.54, 1.807) is 26.8 Å². The van der Waals surface area contributed by atoms with Crippen molar-refractivity contribution in [3.8, 4) is 0 Å². The molecule has 1 aromatic heterocycles. The molecule has 0 aliphatic carbocycles. The Kier molecular flexibility index (Phi) is 10.0. The highest BCUT2D eigenvalue weighted by molar-refractivity contribution is 5.99. The molecule has 38 heavy (non-hydrogen) atoms. The minimum atomic E-state index is -0.928. The van der Waals surface area contributed by atoms with Crippen molar-refractivity contribution < 1.29 is 33.2 Å². The standard InChI is InChI=1S/C26H41N5O7/c1-15(2)11-19(22(32)26(6)14-37-26)28-23(33)17(5)27-25(35)21(16(3)4)29-24(34)20-12-18(38-30-20)13-31-7-9-36-10-8-31/h12,15-17,19,21H,7-11,13-14H2,1-6H3,(H,27,35)(H,28,33)(H,29,34)/t17-,19?,21-,26+/m0/s1. The zero-order chi connectivity index (χ0) is 28.0. The number of amides is 3. The molecule has 0 saturated carbocycles. The second-order valence-electron chi connectivity index (χ2n) is 11.1. The number of morpholine rings is 1. The minimum absolute atomic E-state index is 0.0725. The molecule has 0 bridgehead atoms. The number of hydrogen-bond acceptors (Lipinski definition) is 9. The third-order valence-corrected chi connectivity index (χ3v) is 6.70. The molecular formula is C26H41N5O7. The Hall–Kier alpha value is -2.83. The fraction of sp³-hybridized carbons (Fsp3) is 0.731. The van der Waals surface area contributed by atoms with Gasteiger partial charge in [0.05, 0.1) is 32.4 Å². The van der Waals surface area contributed by atoms with Crippen LogP contribution in [0.3, 0.4) is 0 Å². The number of Topliss-reactive ketones (excluding diaryl/α,β-unsaturated/α-hetero) is 1. The van der Waals surface area contributed by atoms with Crippen LogP contribution in [0.1, 0.15) is 64.2 Å². The zero-order valence-electron chi connectivity index (χ0n) is 23.2. The van der Waals surface area contributed by atoms with Gasteiger partial charge in [-0.15, -0.1) is 0 Å². The Morgan fingerprint density at radius 3 is 2.26 bits per heavy atom. The van der Waals surface area contributed by atoms with Gasteiger partial charge in [0.15, 0.2) is 17.2 Å². The van der Waals surface area contributed by atoms with Crippen LogP contribution in [-0.2, 0) is 30.4 Å². The van der Waals surface area contributed by atoms with Crippen molar-refractivity contribution in [2.45, 2.75) is 78.2 Å². The molecule has 3 amide bonds. The summed E-state index contributed by atoms with van der Waals surface area (Å²) >= 11 is 0. The van der Waals surface area contributed by atoms with Crippen LogP contribution in [-0.4, -0.2) is 90.2 Å².